The van der Waals surface area contributed by atoms with E-state index in [1.54, 1.807) is 30.4 Å². The molecule has 0 aliphatic rings. The topological polar surface area (TPSA) is 51.2 Å². The summed E-state index contributed by atoms with van der Waals surface area (Å²) in [5, 5.41) is 5.44. The van der Waals surface area contributed by atoms with Crippen LogP contribution in [0.3, 0.4) is 0 Å². The summed E-state index contributed by atoms with van der Waals surface area (Å²) in [5.74, 6) is 0.0414. The monoisotopic (exact) mass is 296 g/mol. The molecule has 0 spiro atoms. The molecule has 0 aliphatic carbocycles. The molecule has 0 aliphatic heterocycles. The molecule has 1 N–H and O–H groups in total. The number of pyridine rings is 1. The number of anilines is 1. The predicted octanol–water partition coefficient (Wildman–Crippen LogP) is 3.59. The smallest absolute Gasteiger partial charge is 0.341 e. The molecule has 2 aromatic rings. The average molecular weight is 297 g/mol. The van der Waals surface area contributed by atoms with E-state index in [1.165, 1.54) is 0 Å². The fourth-order valence-electron chi connectivity index (χ4n) is 1.53. The van der Waals surface area contributed by atoms with E-state index in [1.807, 2.05) is 17.5 Å². The van der Waals surface area contributed by atoms with Crippen LogP contribution < -0.4 is 5.32 Å². The molecule has 6 heteroatoms. The average Bonchev–Trinajstić information content (AvgIpc) is 2.89. The van der Waals surface area contributed by atoms with Gasteiger partial charge in [0.05, 0.1) is 13.2 Å². The van der Waals surface area contributed by atoms with Crippen molar-refractivity contribution >= 4 is 34.7 Å². The number of ether oxygens (including phenoxy) is 1. The Morgan fingerprint density at radius 3 is 3.00 bits per heavy atom. The fraction of sp³-hybridized carbons (Fsp3) is 0.231. The number of thiophene rings is 1. The zero-order valence-corrected chi connectivity index (χ0v) is 11.9. The second-order valence-electron chi connectivity index (χ2n) is 3.68. The van der Waals surface area contributed by atoms with Crippen molar-refractivity contribution in [3.8, 4) is 0 Å². The Balaban J connectivity index is 2.17. The van der Waals surface area contributed by atoms with E-state index in [4.69, 9.17) is 16.3 Å². The minimum absolute atomic E-state index is 0.325. The van der Waals surface area contributed by atoms with Crippen molar-refractivity contribution in [2.24, 2.45) is 0 Å². The van der Waals surface area contributed by atoms with Crippen LogP contribution in [0, 0.1) is 0 Å². The summed E-state index contributed by atoms with van der Waals surface area (Å²) < 4.78 is 4.99. The van der Waals surface area contributed by atoms with Crippen molar-refractivity contribution in [1.29, 1.82) is 0 Å². The largest absolute Gasteiger partial charge is 0.462 e. The molecular weight excluding hydrogens is 284 g/mol. The van der Waals surface area contributed by atoms with Gasteiger partial charge in [0.2, 0.25) is 0 Å². The summed E-state index contributed by atoms with van der Waals surface area (Å²) in [6.45, 7) is 2.68. The van der Waals surface area contributed by atoms with E-state index in [0.717, 1.165) is 4.88 Å². The second-order valence-corrected chi connectivity index (χ2v) is 5.10. The molecule has 2 rings (SSSR count). The van der Waals surface area contributed by atoms with E-state index in [2.05, 4.69) is 10.3 Å². The first-order valence-corrected chi connectivity index (χ1v) is 7.06. The number of halogens is 1. The predicted molar refractivity (Wildman–Crippen MR) is 76.8 cm³/mol. The van der Waals surface area contributed by atoms with Gasteiger partial charge in [-0.3, -0.25) is 0 Å². The van der Waals surface area contributed by atoms with Crippen LogP contribution >= 0.6 is 22.9 Å². The van der Waals surface area contributed by atoms with E-state index >= 15 is 0 Å². The molecule has 0 unspecified atom stereocenters. The highest BCUT2D eigenvalue weighted by molar-refractivity contribution is 7.09. The lowest BCUT2D eigenvalue weighted by Gasteiger charge is -2.10. The molecule has 2 heterocycles. The summed E-state index contributed by atoms with van der Waals surface area (Å²) in [7, 11) is 0. The molecule has 0 aromatic carbocycles. The highest BCUT2D eigenvalue weighted by Gasteiger charge is 2.14. The zero-order valence-electron chi connectivity index (χ0n) is 10.4. The van der Waals surface area contributed by atoms with E-state index < -0.39 is 5.97 Å². The van der Waals surface area contributed by atoms with E-state index in [-0.39, 0.29) is 0 Å². The highest BCUT2D eigenvalue weighted by atomic mass is 35.5. The fourth-order valence-corrected chi connectivity index (χ4v) is 2.32. The van der Waals surface area contributed by atoms with Gasteiger partial charge in [0.15, 0.2) is 0 Å². The number of carbonyl (C=O) groups is 1. The number of carbonyl (C=O) groups excluding carboxylic acids is 1. The minimum Gasteiger partial charge on any atom is -0.462 e. The highest BCUT2D eigenvalue weighted by Crippen LogP contribution is 2.19. The van der Waals surface area contributed by atoms with Gasteiger partial charge in [0.25, 0.3) is 0 Å². The molecule has 100 valence electrons. The van der Waals surface area contributed by atoms with Gasteiger partial charge >= 0.3 is 5.97 Å². The maximum absolute atomic E-state index is 11.8. The number of aromatic nitrogens is 1. The van der Waals surface area contributed by atoms with Crippen molar-refractivity contribution in [3.05, 3.63) is 45.2 Å². The summed E-state index contributed by atoms with van der Waals surface area (Å²) in [4.78, 5) is 17.1. The van der Waals surface area contributed by atoms with Crippen LogP contribution in [-0.4, -0.2) is 17.6 Å². The number of hydrogen-bond donors (Lipinski definition) is 1. The third kappa shape index (κ3) is 3.68. The van der Waals surface area contributed by atoms with Crippen LogP contribution in [0.15, 0.2) is 29.6 Å². The Kier molecular flexibility index (Phi) is 4.76. The molecular formula is C13H13ClN2O2S. The molecule has 19 heavy (non-hydrogen) atoms. The first kappa shape index (κ1) is 13.8. The normalized spacial score (nSPS) is 10.2. The lowest BCUT2D eigenvalue weighted by atomic mass is 10.2. The van der Waals surface area contributed by atoms with Crippen LogP contribution in [-0.2, 0) is 11.3 Å². The van der Waals surface area contributed by atoms with Crippen molar-refractivity contribution < 1.29 is 9.53 Å². The Bertz CT molecular complexity index is 558. The summed E-state index contributed by atoms with van der Waals surface area (Å²) in [6.07, 6.45) is 0. The van der Waals surface area contributed by atoms with Gasteiger partial charge < -0.3 is 10.1 Å². The third-order valence-electron chi connectivity index (χ3n) is 2.37. The Labute approximate surface area is 120 Å². The molecule has 0 atom stereocenters. The minimum atomic E-state index is -0.402. The lowest BCUT2D eigenvalue weighted by Crippen LogP contribution is -2.11. The van der Waals surface area contributed by atoms with Crippen LogP contribution in [0.25, 0.3) is 0 Å². The quantitative estimate of drug-likeness (QED) is 0.677. The van der Waals surface area contributed by atoms with Crippen LogP contribution in [0.4, 0.5) is 5.82 Å². The second kappa shape index (κ2) is 6.54. The number of rotatable bonds is 5. The number of hydrogen-bond acceptors (Lipinski definition) is 5. The summed E-state index contributed by atoms with van der Waals surface area (Å²) in [5.41, 5.74) is 0.391. The van der Waals surface area contributed by atoms with Crippen molar-refractivity contribution in [2.45, 2.75) is 13.5 Å². The van der Waals surface area contributed by atoms with Crippen molar-refractivity contribution in [2.75, 3.05) is 11.9 Å². The van der Waals surface area contributed by atoms with Gasteiger partial charge in [0.1, 0.15) is 16.5 Å². The van der Waals surface area contributed by atoms with E-state index in [9.17, 15) is 4.79 Å². The number of esters is 1. The molecule has 0 saturated carbocycles. The van der Waals surface area contributed by atoms with Crippen LogP contribution in [0.1, 0.15) is 22.2 Å². The number of nitrogens with zero attached hydrogens (tertiary/aromatic N) is 1. The Morgan fingerprint density at radius 1 is 1.47 bits per heavy atom. The first-order valence-electron chi connectivity index (χ1n) is 5.80. The maximum atomic E-state index is 11.8. The maximum Gasteiger partial charge on any atom is 0.341 e. The summed E-state index contributed by atoms with van der Waals surface area (Å²) >= 11 is 7.49. The van der Waals surface area contributed by atoms with Crippen molar-refractivity contribution in [1.82, 2.24) is 4.98 Å². The van der Waals surface area contributed by atoms with Gasteiger partial charge in [0, 0.05) is 4.88 Å². The van der Waals surface area contributed by atoms with Gasteiger partial charge in [-0.15, -0.1) is 11.3 Å². The van der Waals surface area contributed by atoms with Crippen molar-refractivity contribution in [3.63, 3.8) is 0 Å². The third-order valence-corrected chi connectivity index (χ3v) is 3.45. The van der Waals surface area contributed by atoms with Gasteiger partial charge in [-0.05, 0) is 30.5 Å². The van der Waals surface area contributed by atoms with Gasteiger partial charge in [-0.1, -0.05) is 17.7 Å². The molecule has 0 bridgehead atoms. The molecule has 0 amide bonds. The molecule has 0 saturated heterocycles. The zero-order chi connectivity index (χ0) is 13.7. The Hall–Kier alpha value is -1.59. The molecule has 0 fully saturated rings. The molecule has 4 nitrogen and oxygen atoms in total. The first-order chi connectivity index (χ1) is 9.20. The van der Waals surface area contributed by atoms with Crippen LogP contribution in [0.2, 0.25) is 5.15 Å². The Morgan fingerprint density at radius 2 is 2.32 bits per heavy atom. The number of nitrogens with one attached hydrogen (secondary N) is 1. The van der Waals surface area contributed by atoms with Gasteiger partial charge in [-0.25, -0.2) is 9.78 Å². The van der Waals surface area contributed by atoms with Gasteiger partial charge in [-0.2, -0.15) is 0 Å². The lowest BCUT2D eigenvalue weighted by molar-refractivity contribution is 0.0527. The standard InChI is InChI=1S/C13H13ClN2O2S/c1-2-18-13(17)10-5-6-11(14)16-12(10)15-8-9-4-3-7-19-9/h3-7H,2,8H2,1H3,(H,15,16). The summed E-state index contributed by atoms with van der Waals surface area (Å²) in [6, 6.07) is 7.17. The van der Waals surface area contributed by atoms with Crippen LogP contribution in [0.5, 0.6) is 0 Å². The van der Waals surface area contributed by atoms with E-state index in [0.29, 0.717) is 29.7 Å². The SMILES string of the molecule is CCOC(=O)c1ccc(Cl)nc1NCc1cccs1. The molecule has 0 radical (unpaired) electrons. The molecule has 2 aromatic heterocycles.